The molecule has 7 nitrogen and oxygen atoms in total. The van der Waals surface area contributed by atoms with Gasteiger partial charge in [-0.05, 0) is 32.1 Å². The lowest BCUT2D eigenvalue weighted by atomic mass is 9.98. The molecule has 0 radical (unpaired) electrons. The minimum atomic E-state index is -0.211. The Kier molecular flexibility index (Phi) is 4.78. The highest BCUT2D eigenvalue weighted by Crippen LogP contribution is 2.27. The SMILES string of the molecule is Cc1cc(C(=O)N2CCC(N3C(=O)OCC3CC(C)C)CC2)no1. The third-order valence-electron chi connectivity index (χ3n) is 4.74. The normalized spacial score (nSPS) is 22.3. The first kappa shape index (κ1) is 16.8. The number of amides is 2. The molecule has 1 aromatic heterocycles. The molecule has 0 aliphatic carbocycles. The summed E-state index contributed by atoms with van der Waals surface area (Å²) in [5.41, 5.74) is 0.351. The molecule has 7 heteroatoms. The Balaban J connectivity index is 1.60. The van der Waals surface area contributed by atoms with Crippen LogP contribution in [0, 0.1) is 12.8 Å². The summed E-state index contributed by atoms with van der Waals surface area (Å²) >= 11 is 0. The van der Waals surface area contributed by atoms with Crippen molar-refractivity contribution in [2.75, 3.05) is 19.7 Å². The van der Waals surface area contributed by atoms with E-state index in [9.17, 15) is 9.59 Å². The molecular formula is C17H25N3O4. The van der Waals surface area contributed by atoms with Gasteiger partial charge in [0, 0.05) is 25.2 Å². The van der Waals surface area contributed by atoms with Gasteiger partial charge in [0.25, 0.3) is 5.91 Å². The van der Waals surface area contributed by atoms with Crippen LogP contribution >= 0.6 is 0 Å². The van der Waals surface area contributed by atoms with Crippen LogP contribution in [0.5, 0.6) is 0 Å². The number of ether oxygens (including phenoxy) is 1. The standard InChI is InChI=1S/C17H25N3O4/c1-11(2)8-14-10-23-17(22)20(14)13-4-6-19(7-5-13)16(21)15-9-12(3)24-18-15/h9,11,13-14H,4-8,10H2,1-3H3. The Hall–Kier alpha value is -2.05. The van der Waals surface area contributed by atoms with Gasteiger partial charge in [-0.3, -0.25) is 9.69 Å². The number of cyclic esters (lactones) is 1. The van der Waals surface area contributed by atoms with Gasteiger partial charge in [0.15, 0.2) is 5.69 Å². The van der Waals surface area contributed by atoms with Gasteiger partial charge in [0.05, 0.1) is 6.04 Å². The number of carbonyl (C=O) groups is 2. The van der Waals surface area contributed by atoms with Crippen LogP contribution in [0.1, 0.15) is 49.4 Å². The molecule has 2 aliphatic heterocycles. The van der Waals surface area contributed by atoms with Crippen molar-refractivity contribution in [2.45, 2.75) is 52.1 Å². The van der Waals surface area contributed by atoms with Crippen LogP contribution in [-0.2, 0) is 4.74 Å². The summed E-state index contributed by atoms with van der Waals surface area (Å²) < 4.78 is 10.2. The first-order valence-corrected chi connectivity index (χ1v) is 8.63. The van der Waals surface area contributed by atoms with E-state index in [2.05, 4.69) is 19.0 Å². The van der Waals surface area contributed by atoms with E-state index in [-0.39, 0.29) is 24.1 Å². The van der Waals surface area contributed by atoms with E-state index in [0.717, 1.165) is 19.3 Å². The highest BCUT2D eigenvalue weighted by molar-refractivity contribution is 5.92. The summed E-state index contributed by atoms with van der Waals surface area (Å²) in [6.07, 6.45) is 2.28. The van der Waals surface area contributed by atoms with Crippen LogP contribution in [0.3, 0.4) is 0 Å². The molecule has 132 valence electrons. The lowest BCUT2D eigenvalue weighted by Gasteiger charge is -2.38. The molecule has 2 aliphatic rings. The maximum Gasteiger partial charge on any atom is 0.410 e. The molecule has 2 amide bonds. The topological polar surface area (TPSA) is 75.9 Å². The van der Waals surface area contributed by atoms with E-state index in [4.69, 9.17) is 9.26 Å². The molecular weight excluding hydrogens is 310 g/mol. The van der Waals surface area contributed by atoms with Crippen LogP contribution in [0.4, 0.5) is 4.79 Å². The number of carbonyl (C=O) groups excluding carboxylic acids is 2. The summed E-state index contributed by atoms with van der Waals surface area (Å²) in [4.78, 5) is 28.2. The zero-order chi connectivity index (χ0) is 17.3. The van der Waals surface area contributed by atoms with Crippen LogP contribution in [0.25, 0.3) is 0 Å². The number of hydrogen-bond acceptors (Lipinski definition) is 5. The number of aryl methyl sites for hydroxylation is 1. The highest BCUT2D eigenvalue weighted by Gasteiger charge is 2.40. The number of likely N-dealkylation sites (tertiary alicyclic amines) is 1. The van der Waals surface area contributed by atoms with Crippen molar-refractivity contribution in [3.05, 3.63) is 17.5 Å². The number of nitrogens with zero attached hydrogens (tertiary/aromatic N) is 3. The van der Waals surface area contributed by atoms with E-state index in [1.165, 1.54) is 0 Å². The van der Waals surface area contributed by atoms with Gasteiger partial charge in [-0.25, -0.2) is 4.79 Å². The molecule has 3 heterocycles. The molecule has 2 saturated heterocycles. The predicted octanol–water partition coefficient (Wildman–Crippen LogP) is 2.45. The minimum Gasteiger partial charge on any atom is -0.447 e. The Morgan fingerprint density at radius 1 is 1.38 bits per heavy atom. The molecule has 1 aromatic rings. The molecule has 1 atom stereocenters. The second-order valence-electron chi connectivity index (χ2n) is 7.11. The number of piperidine rings is 1. The molecule has 2 fully saturated rings. The monoisotopic (exact) mass is 335 g/mol. The van der Waals surface area contributed by atoms with E-state index in [1.807, 2.05) is 4.90 Å². The van der Waals surface area contributed by atoms with Gasteiger partial charge < -0.3 is 14.2 Å². The molecule has 0 aromatic carbocycles. The predicted molar refractivity (Wildman–Crippen MR) is 86.6 cm³/mol. The summed E-state index contributed by atoms with van der Waals surface area (Å²) in [5.74, 6) is 1.04. The average Bonchev–Trinajstić information content (AvgIpc) is 3.13. The lowest BCUT2D eigenvalue weighted by molar-refractivity contribution is 0.0621. The molecule has 24 heavy (non-hydrogen) atoms. The van der Waals surface area contributed by atoms with Crippen molar-refractivity contribution in [3.8, 4) is 0 Å². The van der Waals surface area contributed by atoms with Gasteiger partial charge >= 0.3 is 6.09 Å². The smallest absolute Gasteiger partial charge is 0.410 e. The first-order chi connectivity index (χ1) is 11.5. The second kappa shape index (κ2) is 6.83. The summed E-state index contributed by atoms with van der Waals surface area (Å²) in [6.45, 7) is 7.80. The average molecular weight is 335 g/mol. The van der Waals surface area contributed by atoms with Gasteiger partial charge in [-0.2, -0.15) is 0 Å². The van der Waals surface area contributed by atoms with Gasteiger partial charge in [0.2, 0.25) is 0 Å². The van der Waals surface area contributed by atoms with Crippen LogP contribution in [0.15, 0.2) is 10.6 Å². The Morgan fingerprint density at radius 3 is 2.67 bits per heavy atom. The fourth-order valence-corrected chi connectivity index (χ4v) is 3.62. The third-order valence-corrected chi connectivity index (χ3v) is 4.74. The van der Waals surface area contributed by atoms with Crippen molar-refractivity contribution in [2.24, 2.45) is 5.92 Å². The third kappa shape index (κ3) is 3.39. The Labute approximate surface area is 141 Å². The van der Waals surface area contributed by atoms with E-state index in [0.29, 0.717) is 37.1 Å². The maximum absolute atomic E-state index is 12.4. The summed E-state index contributed by atoms with van der Waals surface area (Å²) in [6, 6.07) is 1.96. The highest BCUT2D eigenvalue weighted by atomic mass is 16.6. The van der Waals surface area contributed by atoms with Crippen molar-refractivity contribution >= 4 is 12.0 Å². The molecule has 0 saturated carbocycles. The Bertz CT molecular complexity index is 605. The second-order valence-corrected chi connectivity index (χ2v) is 7.11. The van der Waals surface area contributed by atoms with Gasteiger partial charge in [-0.1, -0.05) is 19.0 Å². The number of hydrogen-bond donors (Lipinski definition) is 0. The molecule has 3 rings (SSSR count). The largest absolute Gasteiger partial charge is 0.447 e. The van der Waals surface area contributed by atoms with E-state index < -0.39 is 0 Å². The van der Waals surface area contributed by atoms with Crippen molar-refractivity contribution in [3.63, 3.8) is 0 Å². The van der Waals surface area contributed by atoms with Crippen molar-refractivity contribution < 1.29 is 18.8 Å². The zero-order valence-corrected chi connectivity index (χ0v) is 14.5. The maximum atomic E-state index is 12.4. The first-order valence-electron chi connectivity index (χ1n) is 8.63. The molecule has 1 unspecified atom stereocenters. The van der Waals surface area contributed by atoms with E-state index >= 15 is 0 Å². The quantitative estimate of drug-likeness (QED) is 0.845. The van der Waals surface area contributed by atoms with Gasteiger partial charge in [-0.15, -0.1) is 0 Å². The van der Waals surface area contributed by atoms with Gasteiger partial charge in [0.1, 0.15) is 12.4 Å². The fourth-order valence-electron chi connectivity index (χ4n) is 3.62. The summed E-state index contributed by atoms with van der Waals surface area (Å²) in [7, 11) is 0. The van der Waals surface area contributed by atoms with E-state index in [1.54, 1.807) is 17.9 Å². The minimum absolute atomic E-state index is 0.104. The lowest BCUT2D eigenvalue weighted by Crippen LogP contribution is -2.50. The van der Waals surface area contributed by atoms with Crippen molar-refractivity contribution in [1.29, 1.82) is 0 Å². The fraction of sp³-hybridized carbons (Fsp3) is 0.706. The van der Waals surface area contributed by atoms with Crippen LogP contribution in [0.2, 0.25) is 0 Å². The summed E-state index contributed by atoms with van der Waals surface area (Å²) in [5, 5.41) is 3.79. The Morgan fingerprint density at radius 2 is 2.08 bits per heavy atom. The molecule has 0 bridgehead atoms. The number of rotatable bonds is 4. The zero-order valence-electron chi connectivity index (χ0n) is 14.5. The van der Waals surface area contributed by atoms with Crippen LogP contribution < -0.4 is 0 Å². The van der Waals surface area contributed by atoms with Crippen LogP contribution in [-0.4, -0.2) is 58.7 Å². The van der Waals surface area contributed by atoms with Crippen molar-refractivity contribution in [1.82, 2.24) is 15.0 Å². The number of aromatic nitrogens is 1. The molecule has 0 N–H and O–H groups in total. The molecule has 0 spiro atoms.